The standard InChI is InChI=1S/C20H25N5O2/c1-2-3-11-27-17-8-6-16(7-9-17)18-12-19(24-23-18)20(26)25-22-14-15-5-4-10-21-13-15/h4-10,13-14,18-19,23-24H,2-3,11-12H2,1H3,(H,25,26)/b22-14-. The van der Waals surface area contributed by atoms with Crippen molar-refractivity contribution in [2.45, 2.75) is 38.3 Å². The molecule has 0 bridgehead atoms. The molecule has 1 amide bonds. The number of hydrazone groups is 1. The SMILES string of the molecule is CCCCOc1ccc(C2CC(C(=O)N/N=C\c3cccnc3)NN2)cc1. The minimum Gasteiger partial charge on any atom is -0.494 e. The molecule has 0 aliphatic carbocycles. The van der Waals surface area contributed by atoms with Crippen molar-refractivity contribution in [3.8, 4) is 5.75 Å². The lowest BCUT2D eigenvalue weighted by atomic mass is 10.0. The van der Waals surface area contributed by atoms with Crippen LogP contribution in [-0.4, -0.2) is 29.8 Å². The van der Waals surface area contributed by atoms with Gasteiger partial charge in [-0.05, 0) is 36.6 Å². The number of pyridine rings is 1. The monoisotopic (exact) mass is 367 g/mol. The predicted molar refractivity (Wildman–Crippen MR) is 104 cm³/mol. The number of carbonyl (C=O) groups is 1. The molecule has 1 saturated heterocycles. The first-order valence-corrected chi connectivity index (χ1v) is 9.23. The van der Waals surface area contributed by atoms with Crippen LogP contribution in [0, 0.1) is 0 Å². The quantitative estimate of drug-likeness (QED) is 0.379. The van der Waals surface area contributed by atoms with Crippen molar-refractivity contribution in [1.82, 2.24) is 21.3 Å². The maximum absolute atomic E-state index is 12.3. The lowest BCUT2D eigenvalue weighted by Gasteiger charge is -2.11. The Bertz CT molecular complexity index is 749. The number of carbonyl (C=O) groups excluding carboxylic acids is 1. The number of hydrogen-bond acceptors (Lipinski definition) is 6. The van der Waals surface area contributed by atoms with Crippen molar-refractivity contribution in [3.63, 3.8) is 0 Å². The number of ether oxygens (including phenoxy) is 1. The van der Waals surface area contributed by atoms with Gasteiger partial charge < -0.3 is 4.74 Å². The van der Waals surface area contributed by atoms with Crippen LogP contribution in [0.3, 0.4) is 0 Å². The fraction of sp³-hybridized carbons (Fsp3) is 0.350. The molecule has 1 aliphatic heterocycles. The second-order valence-electron chi connectivity index (χ2n) is 6.42. The Morgan fingerprint density at radius 1 is 1.33 bits per heavy atom. The molecule has 1 aromatic heterocycles. The normalized spacial score (nSPS) is 19.3. The van der Waals surface area contributed by atoms with Gasteiger partial charge in [-0.15, -0.1) is 0 Å². The number of hydrazine groups is 1. The van der Waals surface area contributed by atoms with Crippen molar-refractivity contribution in [3.05, 3.63) is 59.9 Å². The summed E-state index contributed by atoms with van der Waals surface area (Å²) in [7, 11) is 0. The summed E-state index contributed by atoms with van der Waals surface area (Å²) in [5, 5.41) is 3.98. The molecular weight excluding hydrogens is 342 g/mol. The van der Waals surface area contributed by atoms with Gasteiger partial charge in [0.25, 0.3) is 5.91 Å². The molecule has 3 N–H and O–H groups in total. The van der Waals surface area contributed by atoms with Crippen molar-refractivity contribution in [2.75, 3.05) is 6.61 Å². The highest BCUT2D eigenvalue weighted by Gasteiger charge is 2.29. The zero-order chi connectivity index (χ0) is 18.9. The first-order chi connectivity index (χ1) is 13.3. The minimum atomic E-state index is -0.346. The van der Waals surface area contributed by atoms with E-state index in [0.29, 0.717) is 6.42 Å². The number of unbranched alkanes of at least 4 members (excludes halogenated alkanes) is 1. The third-order valence-electron chi connectivity index (χ3n) is 4.34. The number of amides is 1. The second-order valence-corrected chi connectivity index (χ2v) is 6.42. The smallest absolute Gasteiger partial charge is 0.258 e. The third-order valence-corrected chi connectivity index (χ3v) is 4.34. The van der Waals surface area contributed by atoms with Crippen LogP contribution < -0.4 is 21.0 Å². The zero-order valence-corrected chi connectivity index (χ0v) is 15.4. The molecule has 3 rings (SSSR count). The number of nitrogens with one attached hydrogen (secondary N) is 3. The molecule has 2 atom stereocenters. The van der Waals surface area contributed by atoms with E-state index in [9.17, 15) is 4.79 Å². The van der Waals surface area contributed by atoms with Crippen LogP contribution in [0.2, 0.25) is 0 Å². The van der Waals surface area contributed by atoms with Crippen LogP contribution in [0.4, 0.5) is 0 Å². The van der Waals surface area contributed by atoms with Crippen LogP contribution in [0.5, 0.6) is 5.75 Å². The largest absolute Gasteiger partial charge is 0.494 e. The van der Waals surface area contributed by atoms with Crippen molar-refractivity contribution < 1.29 is 9.53 Å². The number of aromatic nitrogens is 1. The molecular formula is C20H25N5O2. The van der Waals surface area contributed by atoms with Crippen LogP contribution in [-0.2, 0) is 4.79 Å². The van der Waals surface area contributed by atoms with E-state index in [1.54, 1.807) is 18.6 Å². The number of hydrogen-bond donors (Lipinski definition) is 3. The Kier molecular flexibility index (Phi) is 6.90. The fourth-order valence-electron chi connectivity index (χ4n) is 2.78. The lowest BCUT2D eigenvalue weighted by molar-refractivity contribution is -0.122. The van der Waals surface area contributed by atoms with Crippen LogP contribution >= 0.6 is 0 Å². The van der Waals surface area contributed by atoms with Gasteiger partial charge in [-0.1, -0.05) is 31.5 Å². The number of rotatable bonds is 8. The fourth-order valence-corrected chi connectivity index (χ4v) is 2.78. The Hall–Kier alpha value is -2.77. The molecule has 2 aromatic rings. The lowest BCUT2D eigenvalue weighted by Crippen LogP contribution is -2.41. The summed E-state index contributed by atoms with van der Waals surface area (Å²) in [4.78, 5) is 16.2. The molecule has 27 heavy (non-hydrogen) atoms. The molecule has 1 aromatic carbocycles. The van der Waals surface area contributed by atoms with E-state index in [1.165, 1.54) is 0 Å². The Morgan fingerprint density at radius 3 is 2.93 bits per heavy atom. The van der Waals surface area contributed by atoms with E-state index in [4.69, 9.17) is 4.74 Å². The van der Waals surface area contributed by atoms with Gasteiger partial charge in [-0.3, -0.25) is 9.78 Å². The maximum atomic E-state index is 12.3. The molecule has 2 unspecified atom stereocenters. The topological polar surface area (TPSA) is 87.6 Å². The maximum Gasteiger partial charge on any atom is 0.258 e. The Balaban J connectivity index is 1.47. The summed E-state index contributed by atoms with van der Waals surface area (Å²) in [5.74, 6) is 0.696. The van der Waals surface area contributed by atoms with Crippen molar-refractivity contribution in [2.24, 2.45) is 5.10 Å². The van der Waals surface area contributed by atoms with Gasteiger partial charge in [0.15, 0.2) is 0 Å². The minimum absolute atomic E-state index is 0.0627. The van der Waals surface area contributed by atoms with E-state index in [1.807, 2.05) is 36.4 Å². The molecule has 1 fully saturated rings. The van der Waals surface area contributed by atoms with E-state index >= 15 is 0 Å². The van der Waals surface area contributed by atoms with E-state index < -0.39 is 0 Å². The number of nitrogens with zero attached hydrogens (tertiary/aromatic N) is 2. The second kappa shape index (κ2) is 9.80. The van der Waals surface area contributed by atoms with Crippen LogP contribution in [0.15, 0.2) is 53.9 Å². The average molecular weight is 367 g/mol. The molecule has 0 saturated carbocycles. The van der Waals surface area contributed by atoms with Gasteiger partial charge >= 0.3 is 0 Å². The van der Waals surface area contributed by atoms with Crippen molar-refractivity contribution in [1.29, 1.82) is 0 Å². The van der Waals surface area contributed by atoms with E-state index in [-0.39, 0.29) is 18.0 Å². The average Bonchev–Trinajstić information content (AvgIpc) is 3.20. The molecule has 2 heterocycles. The molecule has 7 nitrogen and oxygen atoms in total. The highest BCUT2D eigenvalue weighted by Crippen LogP contribution is 2.24. The summed E-state index contributed by atoms with van der Waals surface area (Å²) < 4.78 is 5.68. The van der Waals surface area contributed by atoms with Gasteiger partial charge in [-0.2, -0.15) is 5.10 Å². The van der Waals surface area contributed by atoms with Gasteiger partial charge in [0.05, 0.1) is 12.8 Å². The van der Waals surface area contributed by atoms with Crippen molar-refractivity contribution >= 4 is 12.1 Å². The molecule has 7 heteroatoms. The van der Waals surface area contributed by atoms with E-state index in [0.717, 1.165) is 36.3 Å². The highest BCUT2D eigenvalue weighted by atomic mass is 16.5. The first-order valence-electron chi connectivity index (χ1n) is 9.23. The molecule has 1 aliphatic rings. The Labute approximate surface area is 159 Å². The molecule has 0 radical (unpaired) electrons. The van der Waals surface area contributed by atoms with Crippen LogP contribution in [0.25, 0.3) is 0 Å². The Morgan fingerprint density at radius 2 is 2.19 bits per heavy atom. The first kappa shape index (κ1) is 19.0. The van der Waals surface area contributed by atoms with Gasteiger partial charge in [0, 0.05) is 24.0 Å². The summed E-state index contributed by atoms with van der Waals surface area (Å²) in [6, 6.07) is 11.4. The number of benzene rings is 1. The van der Waals surface area contributed by atoms with Gasteiger partial charge in [0.2, 0.25) is 0 Å². The summed E-state index contributed by atoms with van der Waals surface area (Å²) in [6.07, 6.45) is 7.75. The summed E-state index contributed by atoms with van der Waals surface area (Å²) in [6.45, 7) is 2.88. The summed E-state index contributed by atoms with van der Waals surface area (Å²) >= 11 is 0. The predicted octanol–water partition coefficient (Wildman–Crippen LogP) is 2.32. The summed E-state index contributed by atoms with van der Waals surface area (Å²) in [5.41, 5.74) is 10.7. The van der Waals surface area contributed by atoms with Gasteiger partial charge in [-0.25, -0.2) is 16.3 Å². The third kappa shape index (κ3) is 5.60. The van der Waals surface area contributed by atoms with Gasteiger partial charge in [0.1, 0.15) is 11.8 Å². The van der Waals surface area contributed by atoms with Crippen LogP contribution in [0.1, 0.15) is 43.4 Å². The molecule has 142 valence electrons. The molecule has 0 spiro atoms. The highest BCUT2D eigenvalue weighted by molar-refractivity contribution is 5.84. The zero-order valence-electron chi connectivity index (χ0n) is 15.4. The van der Waals surface area contributed by atoms with E-state index in [2.05, 4.69) is 33.3 Å².